The molecule has 0 bridgehead atoms. The van der Waals surface area contributed by atoms with Gasteiger partial charge >= 0.3 is 5.69 Å². The summed E-state index contributed by atoms with van der Waals surface area (Å²) in [7, 11) is -4.00. The van der Waals surface area contributed by atoms with Gasteiger partial charge in [-0.15, -0.1) is 0 Å². The van der Waals surface area contributed by atoms with E-state index in [2.05, 4.69) is 21.5 Å². The Morgan fingerprint density at radius 1 is 1.19 bits per heavy atom. The van der Waals surface area contributed by atoms with Gasteiger partial charge in [0.1, 0.15) is 23.1 Å². The van der Waals surface area contributed by atoms with Gasteiger partial charge in [0, 0.05) is 38.1 Å². The van der Waals surface area contributed by atoms with Gasteiger partial charge in [-0.05, 0) is 49.2 Å². The van der Waals surface area contributed by atoms with E-state index in [1.807, 2.05) is 0 Å². The van der Waals surface area contributed by atoms with Gasteiger partial charge in [-0.1, -0.05) is 19.6 Å². The van der Waals surface area contributed by atoms with Crippen LogP contribution in [0.4, 0.5) is 14.6 Å². The number of aryl methyl sites for hydroxylation is 1. The van der Waals surface area contributed by atoms with Crippen molar-refractivity contribution in [2.75, 3.05) is 30.8 Å². The number of piperazine rings is 1. The highest BCUT2D eigenvalue weighted by Crippen LogP contribution is 2.36. The molecular weight excluding hydrogens is 582 g/mol. The van der Waals surface area contributed by atoms with Crippen molar-refractivity contribution >= 4 is 32.6 Å². The highest BCUT2D eigenvalue weighted by atomic mass is 32.2. The zero-order chi connectivity index (χ0) is 31.2. The first kappa shape index (κ1) is 29.8. The van der Waals surface area contributed by atoms with Gasteiger partial charge in [0.15, 0.2) is 26.3 Å². The van der Waals surface area contributed by atoms with Gasteiger partial charge in [-0.25, -0.2) is 36.5 Å². The van der Waals surface area contributed by atoms with Crippen LogP contribution in [-0.4, -0.2) is 75.8 Å². The third kappa shape index (κ3) is 5.22. The molecule has 1 aliphatic heterocycles. The SMILES string of the molecule is C=CC(=O)N1CCN(c2nc(=O)n(-c3c(CC)ccnc3S(C)(=O)=O)c3nc(-c4c(O)cccc4F)c(F)cc23)[C@@H](C)C1. The van der Waals surface area contributed by atoms with Crippen molar-refractivity contribution in [2.45, 2.75) is 31.3 Å². The first-order valence-corrected chi connectivity index (χ1v) is 15.2. The number of phenolic OH excluding ortho intramolecular Hbond substituents is 1. The van der Waals surface area contributed by atoms with Crippen LogP contribution in [0.1, 0.15) is 19.4 Å². The molecule has 0 saturated carbocycles. The molecule has 1 amide bonds. The summed E-state index contributed by atoms with van der Waals surface area (Å²) in [6, 6.07) is 5.62. The molecule has 1 saturated heterocycles. The van der Waals surface area contributed by atoms with Crippen molar-refractivity contribution < 1.29 is 27.1 Å². The Bertz CT molecular complexity index is 1940. The van der Waals surface area contributed by atoms with Crippen LogP contribution in [0.5, 0.6) is 5.75 Å². The van der Waals surface area contributed by atoms with Crippen molar-refractivity contribution in [2.24, 2.45) is 0 Å². The van der Waals surface area contributed by atoms with E-state index >= 15 is 4.39 Å². The first-order chi connectivity index (χ1) is 20.4. The maximum atomic E-state index is 15.8. The van der Waals surface area contributed by atoms with Gasteiger partial charge < -0.3 is 14.9 Å². The normalized spacial score (nSPS) is 15.6. The van der Waals surface area contributed by atoms with E-state index in [4.69, 9.17) is 0 Å². The molecule has 5 rings (SSSR count). The Hall–Kier alpha value is -4.72. The van der Waals surface area contributed by atoms with Crippen LogP contribution in [0, 0.1) is 11.6 Å². The van der Waals surface area contributed by atoms with Gasteiger partial charge in [-0.3, -0.25) is 4.79 Å². The number of aromatic hydroxyl groups is 1. The number of amides is 1. The van der Waals surface area contributed by atoms with Crippen molar-refractivity contribution in [1.82, 2.24) is 24.4 Å². The van der Waals surface area contributed by atoms with Gasteiger partial charge in [0.2, 0.25) is 5.91 Å². The Labute approximate surface area is 245 Å². The molecule has 1 N–H and O–H groups in total. The summed E-state index contributed by atoms with van der Waals surface area (Å²) < 4.78 is 57.4. The average Bonchev–Trinajstić information content (AvgIpc) is 2.96. The minimum absolute atomic E-state index is 0.0254. The second kappa shape index (κ2) is 11.2. The quantitative estimate of drug-likeness (QED) is 0.327. The fourth-order valence-corrected chi connectivity index (χ4v) is 6.14. The number of benzene rings is 1. The number of aromatic nitrogens is 4. The van der Waals surface area contributed by atoms with Crippen LogP contribution < -0.4 is 10.6 Å². The molecule has 1 fully saturated rings. The van der Waals surface area contributed by atoms with Crippen LogP contribution in [0.3, 0.4) is 0 Å². The summed E-state index contributed by atoms with van der Waals surface area (Å²) in [4.78, 5) is 42.1. The maximum Gasteiger partial charge on any atom is 0.355 e. The Morgan fingerprint density at radius 3 is 2.56 bits per heavy atom. The molecule has 1 aromatic carbocycles. The van der Waals surface area contributed by atoms with Crippen LogP contribution in [0.2, 0.25) is 0 Å². The second-order valence-corrected chi connectivity index (χ2v) is 12.1. The van der Waals surface area contributed by atoms with E-state index in [0.29, 0.717) is 5.56 Å². The Morgan fingerprint density at radius 2 is 1.93 bits per heavy atom. The monoisotopic (exact) mass is 610 g/mol. The molecule has 11 nitrogen and oxygen atoms in total. The van der Waals surface area contributed by atoms with E-state index in [1.54, 1.807) is 29.7 Å². The first-order valence-electron chi connectivity index (χ1n) is 13.3. The number of pyridine rings is 2. The summed E-state index contributed by atoms with van der Waals surface area (Å²) in [6.07, 6.45) is 3.73. The average molecular weight is 611 g/mol. The molecule has 3 aromatic heterocycles. The third-order valence-electron chi connectivity index (χ3n) is 7.35. The Balaban J connectivity index is 1.88. The predicted octanol–water partition coefficient (Wildman–Crippen LogP) is 3.02. The number of hydrogen-bond donors (Lipinski definition) is 1. The Kier molecular flexibility index (Phi) is 7.73. The number of phenols is 1. The topological polar surface area (TPSA) is 139 Å². The van der Waals surface area contributed by atoms with Crippen molar-refractivity contribution in [3.8, 4) is 22.7 Å². The lowest BCUT2D eigenvalue weighted by Crippen LogP contribution is -2.54. The second-order valence-electron chi connectivity index (χ2n) is 10.2. The lowest BCUT2D eigenvalue weighted by molar-refractivity contribution is -0.126. The van der Waals surface area contributed by atoms with Crippen molar-refractivity contribution in [1.29, 1.82) is 0 Å². The molecule has 43 heavy (non-hydrogen) atoms. The number of fused-ring (bicyclic) bond motifs is 1. The number of carbonyl (C=O) groups excluding carboxylic acids is 1. The molecule has 0 aliphatic carbocycles. The molecule has 0 spiro atoms. The standard InChI is InChI=1S/C29H28F2N6O5S/c1-5-17-10-11-32-28(43(4,41)42)25(17)37-27-18(14-20(31)24(33-27)23-19(30)8-7-9-21(23)38)26(34-29(37)40)36-13-12-35(15-16(36)3)22(39)6-2/h6-11,14,16,38H,2,5,12-13,15H2,1,3-4H3/t16-/m0/s1. The van der Waals surface area contributed by atoms with Gasteiger partial charge in [0.25, 0.3) is 0 Å². The number of sulfone groups is 1. The number of halogens is 2. The molecule has 14 heteroatoms. The van der Waals surface area contributed by atoms with E-state index in [0.717, 1.165) is 23.0 Å². The molecule has 1 atom stereocenters. The number of carbonyl (C=O) groups is 1. The summed E-state index contributed by atoms with van der Waals surface area (Å²) in [5, 5.41) is 10.0. The highest BCUT2D eigenvalue weighted by Gasteiger charge is 2.31. The van der Waals surface area contributed by atoms with E-state index in [-0.39, 0.29) is 60.5 Å². The molecule has 0 radical (unpaired) electrons. The summed E-state index contributed by atoms with van der Waals surface area (Å²) >= 11 is 0. The van der Waals surface area contributed by atoms with Crippen LogP contribution in [0.15, 0.2) is 59.0 Å². The number of rotatable bonds is 6. The molecule has 4 aromatic rings. The summed E-state index contributed by atoms with van der Waals surface area (Å²) in [5.74, 6) is -2.78. The van der Waals surface area contributed by atoms with Crippen LogP contribution in [0.25, 0.3) is 28.0 Å². The molecule has 1 aliphatic rings. The lowest BCUT2D eigenvalue weighted by atomic mass is 10.1. The predicted molar refractivity (Wildman–Crippen MR) is 156 cm³/mol. The fraction of sp³-hybridized carbons (Fsp3) is 0.276. The molecule has 224 valence electrons. The minimum Gasteiger partial charge on any atom is -0.507 e. The minimum atomic E-state index is -4.00. The van der Waals surface area contributed by atoms with Crippen molar-refractivity contribution in [3.05, 3.63) is 76.9 Å². The van der Waals surface area contributed by atoms with E-state index < -0.39 is 49.2 Å². The largest absolute Gasteiger partial charge is 0.507 e. The smallest absolute Gasteiger partial charge is 0.355 e. The van der Waals surface area contributed by atoms with Crippen molar-refractivity contribution in [3.63, 3.8) is 0 Å². The fourth-order valence-electron chi connectivity index (χ4n) is 5.32. The number of nitrogens with zero attached hydrogens (tertiary/aromatic N) is 6. The van der Waals surface area contributed by atoms with Gasteiger partial charge in [-0.2, -0.15) is 4.98 Å². The third-order valence-corrected chi connectivity index (χ3v) is 8.35. The summed E-state index contributed by atoms with van der Waals surface area (Å²) in [6.45, 7) is 7.82. The molecular formula is C29H28F2N6O5S. The number of anilines is 1. The maximum absolute atomic E-state index is 15.8. The zero-order valence-electron chi connectivity index (χ0n) is 23.6. The lowest BCUT2D eigenvalue weighted by Gasteiger charge is -2.40. The zero-order valence-corrected chi connectivity index (χ0v) is 24.4. The highest BCUT2D eigenvalue weighted by molar-refractivity contribution is 7.90. The van der Waals surface area contributed by atoms with E-state index in [1.165, 1.54) is 24.4 Å². The van der Waals surface area contributed by atoms with E-state index in [9.17, 15) is 27.5 Å². The molecule has 0 unspecified atom stereocenters. The van der Waals surface area contributed by atoms with Gasteiger partial charge in [0.05, 0.1) is 16.6 Å². The van der Waals surface area contributed by atoms with Crippen LogP contribution >= 0.6 is 0 Å². The summed E-state index contributed by atoms with van der Waals surface area (Å²) in [5.41, 5.74) is -1.98. The molecule has 4 heterocycles. The number of hydrogen-bond acceptors (Lipinski definition) is 9. The van der Waals surface area contributed by atoms with Crippen LogP contribution in [-0.2, 0) is 21.1 Å².